The highest BCUT2D eigenvalue weighted by Gasteiger charge is 2.41. The lowest BCUT2D eigenvalue weighted by Gasteiger charge is -2.32. The molecule has 2 aromatic rings. The van der Waals surface area contributed by atoms with Gasteiger partial charge in [-0.3, -0.25) is 4.99 Å². The predicted molar refractivity (Wildman–Crippen MR) is 129 cm³/mol. The van der Waals surface area contributed by atoms with E-state index < -0.39 is 27.9 Å². The van der Waals surface area contributed by atoms with Crippen LogP contribution in [0.1, 0.15) is 23.0 Å². The number of fused-ring (bicyclic) bond motifs is 1. The molecule has 12 heteroatoms. The summed E-state index contributed by atoms with van der Waals surface area (Å²) in [5, 5.41) is 14.3. The molecule has 2 aliphatic rings. The number of rotatable bonds is 7. The monoisotopic (exact) mass is 508 g/mol. The van der Waals surface area contributed by atoms with Crippen molar-refractivity contribution in [1.29, 1.82) is 5.41 Å². The van der Waals surface area contributed by atoms with Gasteiger partial charge < -0.3 is 15.6 Å². The quantitative estimate of drug-likeness (QED) is 0.498. The van der Waals surface area contributed by atoms with Crippen LogP contribution in [0, 0.1) is 11.2 Å². The van der Waals surface area contributed by atoms with Crippen LogP contribution in [0.15, 0.2) is 58.3 Å². The third-order valence-electron chi connectivity index (χ3n) is 5.23. The Hall–Kier alpha value is -2.60. The third-order valence-corrected chi connectivity index (χ3v) is 7.09. The fourth-order valence-electron chi connectivity index (χ4n) is 4.02. The number of hydrogen-bond acceptors (Lipinski definition) is 8. The lowest BCUT2D eigenvalue weighted by Crippen LogP contribution is -2.39. The number of amidine groups is 1. The summed E-state index contributed by atoms with van der Waals surface area (Å²) in [6.45, 7) is 0.344. The summed E-state index contributed by atoms with van der Waals surface area (Å²) in [4.78, 5) is 11.2. The summed E-state index contributed by atoms with van der Waals surface area (Å²) >= 11 is 7.82. The Morgan fingerprint density at radius 3 is 2.85 bits per heavy atom. The van der Waals surface area contributed by atoms with Crippen molar-refractivity contribution >= 4 is 44.5 Å². The Labute approximate surface area is 200 Å². The molecule has 1 aromatic carbocycles. The number of aromatic nitrogens is 1. The van der Waals surface area contributed by atoms with Gasteiger partial charge in [-0.15, -0.1) is 11.3 Å². The summed E-state index contributed by atoms with van der Waals surface area (Å²) in [5.74, 6) is 0.0975. The van der Waals surface area contributed by atoms with E-state index in [1.54, 1.807) is 31.6 Å². The van der Waals surface area contributed by atoms with E-state index in [4.69, 9.17) is 22.0 Å². The zero-order valence-corrected chi connectivity index (χ0v) is 20.2. The SMILES string of the molecule is CN/C=C\C(=N)C1=C2C[C@H](NS(C)(=O)=O)CN2C(c2nccs2)=N[C@H]1c1ccc(F)cc1Cl. The summed E-state index contributed by atoms with van der Waals surface area (Å²) in [5.41, 5.74) is 2.08. The van der Waals surface area contributed by atoms with E-state index in [0.717, 1.165) is 12.0 Å². The average molecular weight is 509 g/mol. The zero-order valence-electron chi connectivity index (χ0n) is 17.8. The molecule has 8 nitrogen and oxygen atoms in total. The number of halogens is 2. The van der Waals surface area contributed by atoms with Gasteiger partial charge in [0.1, 0.15) is 11.9 Å². The van der Waals surface area contributed by atoms with Crippen LogP contribution in [0.3, 0.4) is 0 Å². The summed E-state index contributed by atoms with van der Waals surface area (Å²) < 4.78 is 40.3. The van der Waals surface area contributed by atoms with E-state index in [0.29, 0.717) is 34.9 Å². The first-order valence-corrected chi connectivity index (χ1v) is 13.2. The second kappa shape index (κ2) is 9.34. The van der Waals surface area contributed by atoms with E-state index in [-0.39, 0.29) is 10.7 Å². The van der Waals surface area contributed by atoms with Crippen molar-refractivity contribution in [3.63, 3.8) is 0 Å². The van der Waals surface area contributed by atoms with Crippen LogP contribution in [0.25, 0.3) is 0 Å². The number of sulfonamides is 1. The van der Waals surface area contributed by atoms with Crippen molar-refractivity contribution in [2.75, 3.05) is 19.8 Å². The topological polar surface area (TPSA) is 111 Å². The van der Waals surface area contributed by atoms with Crippen molar-refractivity contribution in [3.8, 4) is 0 Å². The molecular weight excluding hydrogens is 487 g/mol. The average Bonchev–Trinajstić information content (AvgIpc) is 3.39. The van der Waals surface area contributed by atoms with Crippen LogP contribution in [0.4, 0.5) is 4.39 Å². The molecule has 0 spiro atoms. The number of aliphatic imine (C=N–C) groups is 1. The van der Waals surface area contributed by atoms with Crippen LogP contribution in [0.2, 0.25) is 5.02 Å². The Morgan fingerprint density at radius 2 is 2.21 bits per heavy atom. The largest absolute Gasteiger partial charge is 0.394 e. The molecule has 2 atom stereocenters. The van der Waals surface area contributed by atoms with Gasteiger partial charge in [0.2, 0.25) is 10.0 Å². The molecule has 0 unspecified atom stereocenters. The minimum Gasteiger partial charge on any atom is -0.394 e. The third kappa shape index (κ3) is 5.01. The minimum absolute atomic E-state index is 0.191. The molecule has 0 amide bonds. The fraction of sp³-hybridized carbons (Fsp3) is 0.286. The molecule has 3 N–H and O–H groups in total. The standard InChI is InChI=1S/C21H22ClFN6O2S2/c1-25-6-5-16(24)18-17-10-13(28-33(2,30)31)11-29(17)20(21-26-7-8-32-21)27-19(18)14-4-3-12(23)9-15(14)22/h3-9,13,19,24-25,28H,10-11H2,1-2H3/b6-5-,24-16?/t13-,19-/m0/s1. The zero-order chi connectivity index (χ0) is 23.8. The van der Waals surface area contributed by atoms with Crippen LogP contribution in [-0.2, 0) is 10.0 Å². The number of benzene rings is 1. The lowest BCUT2D eigenvalue weighted by molar-refractivity contribution is 0.515. The van der Waals surface area contributed by atoms with Gasteiger partial charge in [0.05, 0.1) is 12.0 Å². The summed E-state index contributed by atoms with van der Waals surface area (Å²) in [6.07, 6.45) is 6.38. The molecule has 1 aromatic heterocycles. The van der Waals surface area contributed by atoms with Gasteiger partial charge in [0.25, 0.3) is 0 Å². The number of nitrogens with zero attached hydrogens (tertiary/aromatic N) is 3. The molecule has 0 radical (unpaired) electrons. The molecular formula is C21H22ClFN6O2S2. The Kier molecular flexibility index (Phi) is 6.66. The number of nitrogens with one attached hydrogen (secondary N) is 3. The molecule has 4 rings (SSSR count). The molecule has 0 aliphatic carbocycles. The first-order valence-electron chi connectivity index (χ1n) is 10.0. The number of allylic oxidation sites excluding steroid dienone is 1. The van der Waals surface area contributed by atoms with Gasteiger partial charge in [0.15, 0.2) is 10.8 Å². The molecule has 0 bridgehead atoms. The molecule has 0 saturated carbocycles. The van der Waals surface area contributed by atoms with Gasteiger partial charge in [-0.1, -0.05) is 17.7 Å². The molecule has 2 aliphatic heterocycles. The van der Waals surface area contributed by atoms with E-state index in [1.807, 2.05) is 10.3 Å². The number of thiazole rings is 1. The smallest absolute Gasteiger partial charge is 0.209 e. The Balaban J connectivity index is 1.91. The second-order valence-corrected chi connectivity index (χ2v) is 10.7. The molecule has 1 saturated heterocycles. The minimum atomic E-state index is -3.44. The lowest BCUT2D eigenvalue weighted by atomic mass is 9.91. The van der Waals surface area contributed by atoms with Crippen molar-refractivity contribution in [3.05, 3.63) is 74.7 Å². The molecule has 33 heavy (non-hydrogen) atoms. The molecule has 1 fully saturated rings. The Bertz CT molecular complexity index is 1270. The first kappa shape index (κ1) is 23.6. The maximum absolute atomic E-state index is 13.8. The maximum atomic E-state index is 13.8. The van der Waals surface area contributed by atoms with Crippen molar-refractivity contribution < 1.29 is 12.8 Å². The summed E-state index contributed by atoms with van der Waals surface area (Å²) in [6, 6.07) is 3.01. The highest BCUT2D eigenvalue weighted by Crippen LogP contribution is 2.42. The number of hydrogen-bond donors (Lipinski definition) is 3. The van der Waals surface area contributed by atoms with E-state index in [9.17, 15) is 12.8 Å². The maximum Gasteiger partial charge on any atom is 0.209 e. The van der Waals surface area contributed by atoms with Crippen LogP contribution >= 0.6 is 22.9 Å². The van der Waals surface area contributed by atoms with Crippen LogP contribution in [0.5, 0.6) is 0 Å². The second-order valence-electron chi connectivity index (χ2n) is 7.66. The van der Waals surface area contributed by atoms with Gasteiger partial charge in [-0.25, -0.2) is 22.5 Å². The predicted octanol–water partition coefficient (Wildman–Crippen LogP) is 3.07. The van der Waals surface area contributed by atoms with Crippen molar-refractivity contribution in [2.45, 2.75) is 18.5 Å². The molecule has 174 valence electrons. The van der Waals surface area contributed by atoms with Crippen molar-refractivity contribution in [2.24, 2.45) is 4.99 Å². The van der Waals surface area contributed by atoms with E-state index in [2.05, 4.69) is 15.0 Å². The first-order chi connectivity index (χ1) is 15.7. The van der Waals surface area contributed by atoms with Crippen molar-refractivity contribution in [1.82, 2.24) is 19.9 Å². The van der Waals surface area contributed by atoms with Gasteiger partial charge in [-0.05, 0) is 24.4 Å². The van der Waals surface area contributed by atoms with Gasteiger partial charge in [-0.2, -0.15) is 0 Å². The van der Waals surface area contributed by atoms with Crippen LogP contribution < -0.4 is 10.0 Å². The highest BCUT2D eigenvalue weighted by molar-refractivity contribution is 7.88. The van der Waals surface area contributed by atoms with Gasteiger partial charge in [0, 0.05) is 59.5 Å². The van der Waals surface area contributed by atoms with E-state index >= 15 is 0 Å². The Morgan fingerprint density at radius 1 is 1.42 bits per heavy atom. The highest BCUT2D eigenvalue weighted by atomic mass is 35.5. The fourth-order valence-corrected chi connectivity index (χ4v) is 5.69. The van der Waals surface area contributed by atoms with Crippen LogP contribution in [-0.4, -0.2) is 55.7 Å². The normalized spacial score (nSPS) is 20.8. The summed E-state index contributed by atoms with van der Waals surface area (Å²) in [7, 11) is -1.72. The van der Waals surface area contributed by atoms with Gasteiger partial charge >= 0.3 is 0 Å². The van der Waals surface area contributed by atoms with E-state index in [1.165, 1.54) is 23.5 Å². The molecule has 3 heterocycles.